The number of aryl methyl sites for hydroxylation is 1. The summed E-state index contributed by atoms with van der Waals surface area (Å²) in [5.74, 6) is 3.88. The van der Waals surface area contributed by atoms with E-state index in [1.54, 1.807) is 0 Å². The van der Waals surface area contributed by atoms with Crippen LogP contribution in [0, 0.1) is 12.0 Å². The summed E-state index contributed by atoms with van der Waals surface area (Å²) < 4.78 is 11.3. The Balaban J connectivity index is 1.27. The fourth-order valence-electron chi connectivity index (χ4n) is 3.26. The van der Waals surface area contributed by atoms with Crippen molar-refractivity contribution in [1.82, 2.24) is 15.4 Å². The molecule has 0 radical (unpaired) electrons. The van der Waals surface area contributed by atoms with Crippen molar-refractivity contribution in [3.63, 3.8) is 0 Å². The molecule has 1 aromatic heterocycles. The number of H-pyrrole nitrogens is 1. The smallest absolute Gasteiger partial charge is 0.159 e. The molecular weight excluding hydrogens is 402 g/mol. The zero-order valence-electron chi connectivity index (χ0n) is 17.9. The van der Waals surface area contributed by atoms with Crippen molar-refractivity contribution in [3.05, 3.63) is 77.9 Å². The minimum absolute atomic E-state index is 0.342. The van der Waals surface area contributed by atoms with Crippen LogP contribution in [0.4, 0.5) is 11.4 Å². The first-order chi connectivity index (χ1) is 15.8. The highest BCUT2D eigenvalue weighted by atomic mass is 16.5. The van der Waals surface area contributed by atoms with Crippen LogP contribution in [0.1, 0.15) is 17.5 Å². The predicted octanol–water partition coefficient (Wildman–Crippen LogP) is 4.56. The Morgan fingerprint density at radius 2 is 1.84 bits per heavy atom. The van der Waals surface area contributed by atoms with Crippen molar-refractivity contribution >= 4 is 22.4 Å². The van der Waals surface area contributed by atoms with E-state index in [9.17, 15) is 0 Å². The van der Waals surface area contributed by atoms with Crippen molar-refractivity contribution in [1.29, 1.82) is 0 Å². The molecule has 0 bridgehead atoms. The zero-order valence-corrected chi connectivity index (χ0v) is 17.9. The summed E-state index contributed by atoms with van der Waals surface area (Å²) in [6, 6.07) is 21.8. The lowest BCUT2D eigenvalue weighted by Crippen LogP contribution is -2.09. The van der Waals surface area contributed by atoms with Crippen LogP contribution in [-0.2, 0) is 17.8 Å². The Labute approximate surface area is 187 Å². The number of aromatic nitrogens is 3. The Hall–Kier alpha value is -4.18. The highest BCUT2D eigenvalue weighted by Crippen LogP contribution is 2.23. The SMILES string of the molecule is CNc1ccc(OCNc2ccc3n[nH]nc3c2)cc1CCC#COCc1ccccc1. The third-order valence-corrected chi connectivity index (χ3v) is 4.92. The largest absolute Gasteiger partial charge is 0.473 e. The standard InChI is InChI=1S/C25H25N5O2/c1-26-23-13-11-22(32-18-27-21-10-12-24-25(16-21)29-30-28-24)15-20(23)9-5-6-14-31-17-19-7-3-2-4-8-19/h2-4,7-8,10-13,15-16,26-27H,5,9,17-18H2,1H3,(H,28,29,30). The van der Waals surface area contributed by atoms with Gasteiger partial charge >= 0.3 is 0 Å². The summed E-state index contributed by atoms with van der Waals surface area (Å²) >= 11 is 0. The van der Waals surface area contributed by atoms with Crippen LogP contribution in [0.2, 0.25) is 0 Å². The molecule has 0 spiro atoms. The zero-order chi connectivity index (χ0) is 22.0. The minimum Gasteiger partial charge on any atom is -0.473 e. The number of nitrogens with zero attached hydrogens (tertiary/aromatic N) is 2. The average Bonchev–Trinajstić information content (AvgIpc) is 3.30. The summed E-state index contributed by atoms with van der Waals surface area (Å²) in [7, 11) is 1.91. The first-order valence-corrected chi connectivity index (χ1v) is 10.4. The predicted molar refractivity (Wildman–Crippen MR) is 126 cm³/mol. The summed E-state index contributed by atoms with van der Waals surface area (Å²) in [5, 5.41) is 17.2. The maximum absolute atomic E-state index is 5.89. The quantitative estimate of drug-likeness (QED) is 0.268. The number of ether oxygens (including phenoxy) is 2. The molecule has 3 aromatic carbocycles. The molecule has 4 aromatic rings. The first kappa shape index (κ1) is 21.1. The lowest BCUT2D eigenvalue weighted by atomic mass is 10.1. The third-order valence-electron chi connectivity index (χ3n) is 4.92. The Bertz CT molecular complexity index is 1210. The maximum Gasteiger partial charge on any atom is 0.159 e. The van der Waals surface area contributed by atoms with Crippen molar-refractivity contribution in [2.45, 2.75) is 19.4 Å². The molecule has 0 saturated heterocycles. The molecule has 0 atom stereocenters. The van der Waals surface area contributed by atoms with E-state index < -0.39 is 0 Å². The van der Waals surface area contributed by atoms with Crippen LogP contribution in [0.3, 0.4) is 0 Å². The molecule has 162 valence electrons. The van der Waals surface area contributed by atoms with Gasteiger partial charge in [-0.15, -0.1) is 0 Å². The highest BCUT2D eigenvalue weighted by Gasteiger charge is 2.04. The molecule has 0 aliphatic heterocycles. The van der Waals surface area contributed by atoms with Gasteiger partial charge in [0, 0.05) is 24.8 Å². The molecule has 0 amide bonds. The molecular formula is C25H25N5O2. The molecule has 3 N–H and O–H groups in total. The number of anilines is 2. The molecule has 0 unspecified atom stereocenters. The van der Waals surface area contributed by atoms with E-state index in [0.29, 0.717) is 19.8 Å². The number of hydrogen-bond acceptors (Lipinski definition) is 6. The molecule has 7 nitrogen and oxygen atoms in total. The topological polar surface area (TPSA) is 84.1 Å². The molecule has 4 rings (SSSR count). The van der Waals surface area contributed by atoms with E-state index in [4.69, 9.17) is 9.47 Å². The van der Waals surface area contributed by atoms with Gasteiger partial charge < -0.3 is 20.1 Å². The number of fused-ring (bicyclic) bond motifs is 1. The molecule has 0 saturated carbocycles. The van der Waals surface area contributed by atoms with Crippen LogP contribution >= 0.6 is 0 Å². The fraction of sp³-hybridized carbons (Fsp3) is 0.200. The summed E-state index contributed by atoms with van der Waals surface area (Å²) in [6.07, 6.45) is 4.29. The van der Waals surface area contributed by atoms with E-state index in [2.05, 4.69) is 38.1 Å². The normalized spacial score (nSPS) is 10.3. The van der Waals surface area contributed by atoms with Gasteiger partial charge in [0.1, 0.15) is 29.5 Å². The van der Waals surface area contributed by atoms with E-state index in [-0.39, 0.29) is 0 Å². The lowest BCUT2D eigenvalue weighted by molar-refractivity contribution is 0.264. The highest BCUT2D eigenvalue weighted by molar-refractivity contribution is 5.77. The summed E-state index contributed by atoms with van der Waals surface area (Å²) in [5.41, 5.74) is 5.88. The van der Waals surface area contributed by atoms with Gasteiger partial charge in [0.25, 0.3) is 0 Å². The van der Waals surface area contributed by atoms with Gasteiger partial charge in [0.05, 0.1) is 0 Å². The molecule has 7 heteroatoms. The van der Waals surface area contributed by atoms with Crippen molar-refractivity contribution in [3.8, 4) is 17.8 Å². The summed E-state index contributed by atoms with van der Waals surface area (Å²) in [4.78, 5) is 0. The fourth-order valence-corrected chi connectivity index (χ4v) is 3.26. The summed E-state index contributed by atoms with van der Waals surface area (Å²) in [6.45, 7) is 0.838. The molecule has 32 heavy (non-hydrogen) atoms. The number of rotatable bonds is 9. The Morgan fingerprint density at radius 3 is 2.72 bits per heavy atom. The molecule has 0 aliphatic rings. The average molecular weight is 428 g/mol. The molecule has 0 aliphatic carbocycles. The minimum atomic E-state index is 0.342. The van der Waals surface area contributed by atoms with Crippen molar-refractivity contribution in [2.75, 3.05) is 24.4 Å². The van der Waals surface area contributed by atoms with Crippen molar-refractivity contribution < 1.29 is 9.47 Å². The van der Waals surface area contributed by atoms with Gasteiger partial charge in [-0.3, -0.25) is 0 Å². The van der Waals surface area contributed by atoms with Crippen molar-refractivity contribution in [2.24, 2.45) is 0 Å². The molecule has 0 fully saturated rings. The van der Waals surface area contributed by atoms with Crippen LogP contribution in [0.15, 0.2) is 66.7 Å². The van der Waals surface area contributed by atoms with Gasteiger partial charge in [0.2, 0.25) is 0 Å². The van der Waals surface area contributed by atoms with Gasteiger partial charge in [-0.25, -0.2) is 0 Å². The Morgan fingerprint density at radius 1 is 0.969 bits per heavy atom. The maximum atomic E-state index is 5.89. The second kappa shape index (κ2) is 10.7. The number of hydrogen-bond donors (Lipinski definition) is 3. The number of nitrogens with one attached hydrogen (secondary N) is 3. The third kappa shape index (κ3) is 5.70. The lowest BCUT2D eigenvalue weighted by Gasteiger charge is -2.13. The second-order valence-electron chi connectivity index (χ2n) is 7.11. The molecule has 1 heterocycles. The second-order valence-corrected chi connectivity index (χ2v) is 7.11. The van der Waals surface area contributed by atoms with Gasteiger partial charge in [-0.2, -0.15) is 15.4 Å². The van der Waals surface area contributed by atoms with E-state index in [0.717, 1.165) is 45.7 Å². The number of benzene rings is 3. The van der Waals surface area contributed by atoms with E-state index in [1.165, 1.54) is 0 Å². The van der Waals surface area contributed by atoms with E-state index >= 15 is 0 Å². The van der Waals surface area contributed by atoms with Crippen LogP contribution in [0.25, 0.3) is 11.0 Å². The first-order valence-electron chi connectivity index (χ1n) is 10.4. The van der Waals surface area contributed by atoms with E-state index in [1.807, 2.05) is 73.8 Å². The van der Waals surface area contributed by atoms with Crippen LogP contribution in [-0.4, -0.2) is 29.2 Å². The monoisotopic (exact) mass is 427 g/mol. The van der Waals surface area contributed by atoms with Gasteiger partial charge in [-0.05, 0) is 53.9 Å². The van der Waals surface area contributed by atoms with Gasteiger partial charge in [0.15, 0.2) is 6.73 Å². The Kier molecular flexibility index (Phi) is 7.06. The number of aromatic amines is 1. The van der Waals surface area contributed by atoms with Crippen LogP contribution in [0.5, 0.6) is 5.75 Å². The van der Waals surface area contributed by atoms with Gasteiger partial charge in [-0.1, -0.05) is 36.3 Å². The van der Waals surface area contributed by atoms with Crippen LogP contribution < -0.4 is 15.4 Å².